The van der Waals surface area contributed by atoms with Crippen LogP contribution in [0, 0.1) is 0 Å². The summed E-state index contributed by atoms with van der Waals surface area (Å²) in [5.41, 5.74) is 13.4. The fourth-order valence-electron chi connectivity index (χ4n) is 7.39. The third-order valence-electron chi connectivity index (χ3n) is 10.2. The van der Waals surface area contributed by atoms with E-state index >= 15 is 0 Å². The van der Waals surface area contributed by atoms with Gasteiger partial charge in [0.1, 0.15) is 11.2 Å². The number of hydrogen-bond donors (Lipinski definition) is 0. The van der Waals surface area contributed by atoms with Crippen molar-refractivity contribution in [1.29, 1.82) is 0 Å². The molecule has 8 aromatic carbocycles. The van der Waals surface area contributed by atoms with E-state index in [1.807, 2.05) is 42.5 Å². The first-order chi connectivity index (χ1) is 27.2. The van der Waals surface area contributed by atoms with Crippen LogP contribution in [0.5, 0.6) is 0 Å². The van der Waals surface area contributed by atoms with Gasteiger partial charge in [0.2, 0.25) is 0 Å². The summed E-state index contributed by atoms with van der Waals surface area (Å²) in [5.74, 6) is 1.88. The van der Waals surface area contributed by atoms with Gasteiger partial charge in [0.15, 0.2) is 17.5 Å². The number of hydrogen-bond acceptors (Lipinski definition) is 4. The van der Waals surface area contributed by atoms with E-state index in [1.165, 1.54) is 5.56 Å². The number of para-hydroxylation sites is 2. The lowest BCUT2D eigenvalue weighted by atomic mass is 9.96. The van der Waals surface area contributed by atoms with Crippen molar-refractivity contribution in [2.75, 3.05) is 0 Å². The molecule has 2 heterocycles. The van der Waals surface area contributed by atoms with Crippen molar-refractivity contribution < 1.29 is 4.42 Å². The standard InChI is InChI=1S/C51H33N3O/c1-4-14-34(15-5-1)35-28-30-38(31-29-35)50-52-49(37-18-8-3-9-19-37)53-51(54-50)42-23-11-21-40(33-42)39-20-10-22-41(32-39)44-25-13-27-46-45-26-12-24-43(47(45)55-48(44)46)36-16-6-2-7-17-36/h1-33H. The average molecular weight is 704 g/mol. The van der Waals surface area contributed by atoms with Gasteiger partial charge >= 0.3 is 0 Å². The minimum Gasteiger partial charge on any atom is -0.455 e. The van der Waals surface area contributed by atoms with E-state index in [-0.39, 0.29) is 0 Å². The normalized spacial score (nSPS) is 11.3. The summed E-state index contributed by atoms with van der Waals surface area (Å²) < 4.78 is 6.75. The number of rotatable bonds is 7. The van der Waals surface area contributed by atoms with Gasteiger partial charge < -0.3 is 4.42 Å². The second-order valence-electron chi connectivity index (χ2n) is 13.6. The van der Waals surface area contributed by atoms with Crippen LogP contribution >= 0.6 is 0 Å². The van der Waals surface area contributed by atoms with Crippen LogP contribution in [0.1, 0.15) is 0 Å². The molecule has 2 aromatic heterocycles. The maximum Gasteiger partial charge on any atom is 0.164 e. The Hall–Kier alpha value is -7.43. The number of fused-ring (bicyclic) bond motifs is 3. The second-order valence-corrected chi connectivity index (χ2v) is 13.6. The van der Waals surface area contributed by atoms with Crippen LogP contribution in [0.15, 0.2) is 205 Å². The van der Waals surface area contributed by atoms with E-state index in [4.69, 9.17) is 19.4 Å². The molecule has 10 aromatic rings. The minimum atomic E-state index is 0.621. The maximum absolute atomic E-state index is 6.75. The Labute approximate surface area is 319 Å². The quantitative estimate of drug-likeness (QED) is 0.166. The van der Waals surface area contributed by atoms with Gasteiger partial charge in [0, 0.05) is 38.6 Å². The topological polar surface area (TPSA) is 51.8 Å². The molecule has 10 rings (SSSR count). The molecule has 258 valence electrons. The zero-order chi connectivity index (χ0) is 36.6. The third-order valence-corrected chi connectivity index (χ3v) is 10.2. The lowest BCUT2D eigenvalue weighted by Crippen LogP contribution is -2.00. The van der Waals surface area contributed by atoms with Crippen LogP contribution in [0.2, 0.25) is 0 Å². The molecule has 0 aliphatic carbocycles. The third kappa shape index (κ3) is 6.16. The van der Waals surface area contributed by atoms with Gasteiger partial charge in [-0.1, -0.05) is 188 Å². The Kier molecular flexibility index (Phi) is 8.12. The highest BCUT2D eigenvalue weighted by atomic mass is 16.3. The predicted octanol–water partition coefficient (Wildman–Crippen LogP) is 13.4. The molecular weight excluding hydrogens is 671 g/mol. The van der Waals surface area contributed by atoms with Crippen LogP contribution < -0.4 is 0 Å². The summed E-state index contributed by atoms with van der Waals surface area (Å²) in [6, 6.07) is 69.2. The highest BCUT2D eigenvalue weighted by Gasteiger charge is 2.17. The molecule has 4 nitrogen and oxygen atoms in total. The SMILES string of the molecule is c1ccc(-c2ccc(-c3nc(-c4ccccc4)nc(-c4cccc(-c5cccc(-c6cccc7c6oc6c(-c8ccccc8)cccc67)c5)c4)n3)cc2)cc1. The van der Waals surface area contributed by atoms with Crippen molar-refractivity contribution in [3.63, 3.8) is 0 Å². The lowest BCUT2D eigenvalue weighted by Gasteiger charge is -2.11. The van der Waals surface area contributed by atoms with E-state index in [0.29, 0.717) is 17.5 Å². The van der Waals surface area contributed by atoms with Crippen LogP contribution in [-0.2, 0) is 0 Å². The molecule has 0 fully saturated rings. The summed E-state index contributed by atoms with van der Waals surface area (Å²) in [5, 5.41) is 2.22. The molecule has 0 saturated carbocycles. The fourth-order valence-corrected chi connectivity index (χ4v) is 7.39. The molecule has 0 unspecified atom stereocenters. The summed E-state index contributed by atoms with van der Waals surface area (Å²) in [4.78, 5) is 15.0. The van der Waals surface area contributed by atoms with Crippen molar-refractivity contribution in [2.45, 2.75) is 0 Å². The van der Waals surface area contributed by atoms with Gasteiger partial charge in [-0.25, -0.2) is 15.0 Å². The smallest absolute Gasteiger partial charge is 0.164 e. The van der Waals surface area contributed by atoms with Gasteiger partial charge in [0.05, 0.1) is 0 Å². The van der Waals surface area contributed by atoms with E-state index in [2.05, 4.69) is 158 Å². The second kappa shape index (κ2) is 13.8. The molecule has 0 amide bonds. The van der Waals surface area contributed by atoms with Crippen molar-refractivity contribution in [2.24, 2.45) is 0 Å². The maximum atomic E-state index is 6.75. The summed E-state index contributed by atoms with van der Waals surface area (Å²) in [6.07, 6.45) is 0. The number of furan rings is 1. The molecule has 0 saturated heterocycles. The Morgan fingerprint density at radius 2 is 0.618 bits per heavy atom. The monoisotopic (exact) mass is 703 g/mol. The van der Waals surface area contributed by atoms with Gasteiger partial charge in [-0.3, -0.25) is 0 Å². The first-order valence-electron chi connectivity index (χ1n) is 18.4. The van der Waals surface area contributed by atoms with Gasteiger partial charge in [0.25, 0.3) is 0 Å². The van der Waals surface area contributed by atoms with Crippen molar-refractivity contribution in [3.05, 3.63) is 200 Å². The average Bonchev–Trinajstić information content (AvgIpc) is 3.67. The van der Waals surface area contributed by atoms with E-state index in [0.717, 1.165) is 77.6 Å². The molecule has 4 heteroatoms. The van der Waals surface area contributed by atoms with Crippen LogP contribution in [0.25, 0.3) is 101 Å². The fraction of sp³-hybridized carbons (Fsp3) is 0. The van der Waals surface area contributed by atoms with Gasteiger partial charge in [-0.2, -0.15) is 0 Å². The number of benzene rings is 8. The molecule has 0 spiro atoms. The molecule has 0 radical (unpaired) electrons. The molecule has 55 heavy (non-hydrogen) atoms. The molecule has 0 aliphatic heterocycles. The van der Waals surface area contributed by atoms with Crippen LogP contribution in [0.3, 0.4) is 0 Å². The largest absolute Gasteiger partial charge is 0.455 e. The van der Waals surface area contributed by atoms with E-state index in [9.17, 15) is 0 Å². The van der Waals surface area contributed by atoms with Crippen molar-refractivity contribution >= 4 is 21.9 Å². The lowest BCUT2D eigenvalue weighted by molar-refractivity contribution is 0.671. The van der Waals surface area contributed by atoms with Crippen LogP contribution in [0.4, 0.5) is 0 Å². The zero-order valence-electron chi connectivity index (χ0n) is 29.8. The number of nitrogens with zero attached hydrogens (tertiary/aromatic N) is 3. The zero-order valence-corrected chi connectivity index (χ0v) is 29.8. The molecule has 0 aliphatic rings. The first kappa shape index (κ1) is 32.2. The Morgan fingerprint density at radius 1 is 0.255 bits per heavy atom. The Bertz CT molecular complexity index is 2950. The van der Waals surface area contributed by atoms with Crippen molar-refractivity contribution in [1.82, 2.24) is 15.0 Å². The Morgan fingerprint density at radius 3 is 1.20 bits per heavy atom. The molecular formula is C51H33N3O. The Balaban J connectivity index is 1.04. The number of aromatic nitrogens is 3. The highest BCUT2D eigenvalue weighted by molar-refractivity contribution is 6.13. The van der Waals surface area contributed by atoms with Crippen molar-refractivity contribution in [3.8, 4) is 78.7 Å². The minimum absolute atomic E-state index is 0.621. The van der Waals surface area contributed by atoms with Gasteiger partial charge in [-0.05, 0) is 45.5 Å². The van der Waals surface area contributed by atoms with E-state index < -0.39 is 0 Å². The summed E-state index contributed by atoms with van der Waals surface area (Å²) >= 11 is 0. The summed E-state index contributed by atoms with van der Waals surface area (Å²) in [7, 11) is 0. The molecule has 0 atom stereocenters. The summed E-state index contributed by atoms with van der Waals surface area (Å²) in [6.45, 7) is 0. The van der Waals surface area contributed by atoms with Gasteiger partial charge in [-0.15, -0.1) is 0 Å². The molecule has 0 N–H and O–H groups in total. The van der Waals surface area contributed by atoms with E-state index in [1.54, 1.807) is 0 Å². The predicted molar refractivity (Wildman–Crippen MR) is 225 cm³/mol. The first-order valence-corrected chi connectivity index (χ1v) is 18.4. The highest BCUT2D eigenvalue weighted by Crippen LogP contribution is 2.40. The van der Waals surface area contributed by atoms with Crippen LogP contribution in [-0.4, -0.2) is 15.0 Å². The molecule has 0 bridgehead atoms.